The third-order valence-corrected chi connectivity index (χ3v) is 3.49. The van der Waals surface area contributed by atoms with Gasteiger partial charge in [0.1, 0.15) is 18.3 Å². The molecule has 92 valence electrons. The number of methoxy groups -OCH3 is 1. The predicted octanol–water partition coefficient (Wildman–Crippen LogP) is -0.0170. The first kappa shape index (κ1) is 11.9. The smallest absolute Gasteiger partial charge is 0.316 e. The van der Waals surface area contributed by atoms with Crippen molar-refractivity contribution in [2.24, 2.45) is 5.14 Å². The number of benzene rings is 1. The largest absolute Gasteiger partial charge is 0.492 e. The first-order valence-corrected chi connectivity index (χ1v) is 6.35. The summed E-state index contributed by atoms with van der Waals surface area (Å²) in [5, 5.41) is 5.02. The van der Waals surface area contributed by atoms with Gasteiger partial charge >= 0.3 is 5.97 Å². The SMILES string of the molecule is COC(=O)C1COc2ccc(S(N)(=O)=O)cc21. The predicted molar refractivity (Wildman–Crippen MR) is 58.1 cm³/mol. The van der Waals surface area contributed by atoms with E-state index >= 15 is 0 Å². The number of esters is 1. The fourth-order valence-electron chi connectivity index (χ4n) is 1.71. The topological polar surface area (TPSA) is 95.7 Å². The van der Waals surface area contributed by atoms with Crippen LogP contribution >= 0.6 is 0 Å². The van der Waals surface area contributed by atoms with Crippen molar-refractivity contribution in [1.82, 2.24) is 0 Å². The minimum absolute atomic E-state index is 0.0457. The molecule has 6 nitrogen and oxygen atoms in total. The van der Waals surface area contributed by atoms with E-state index in [1.54, 1.807) is 0 Å². The molecule has 0 spiro atoms. The lowest BCUT2D eigenvalue weighted by Gasteiger charge is -2.06. The van der Waals surface area contributed by atoms with Gasteiger partial charge in [-0.3, -0.25) is 4.79 Å². The van der Waals surface area contributed by atoms with Crippen molar-refractivity contribution in [1.29, 1.82) is 0 Å². The Balaban J connectivity index is 2.48. The Hall–Kier alpha value is -1.60. The number of ether oxygens (including phenoxy) is 2. The van der Waals surface area contributed by atoms with Crippen molar-refractivity contribution in [3.05, 3.63) is 23.8 Å². The van der Waals surface area contributed by atoms with Crippen molar-refractivity contribution in [2.45, 2.75) is 10.8 Å². The van der Waals surface area contributed by atoms with Crippen LogP contribution in [0.1, 0.15) is 11.5 Å². The van der Waals surface area contributed by atoms with Crippen LogP contribution in [0.2, 0.25) is 0 Å². The first-order chi connectivity index (χ1) is 7.93. The maximum absolute atomic E-state index is 11.5. The number of rotatable bonds is 2. The maximum atomic E-state index is 11.5. The van der Waals surface area contributed by atoms with Crippen molar-refractivity contribution >= 4 is 16.0 Å². The van der Waals surface area contributed by atoms with E-state index in [9.17, 15) is 13.2 Å². The molecule has 1 aliphatic rings. The van der Waals surface area contributed by atoms with Gasteiger partial charge < -0.3 is 9.47 Å². The Kier molecular flexibility index (Phi) is 2.80. The summed E-state index contributed by atoms with van der Waals surface area (Å²) < 4.78 is 32.3. The van der Waals surface area contributed by atoms with Crippen LogP contribution in [0.5, 0.6) is 5.75 Å². The molecule has 0 fully saturated rings. The standard InChI is InChI=1S/C10H11NO5S/c1-15-10(12)8-5-16-9-3-2-6(4-7(8)9)17(11,13)14/h2-4,8H,5H2,1H3,(H2,11,13,14). The Morgan fingerprint density at radius 3 is 2.82 bits per heavy atom. The van der Waals surface area contributed by atoms with E-state index in [4.69, 9.17) is 9.88 Å². The van der Waals surface area contributed by atoms with Gasteiger partial charge in [-0.2, -0.15) is 0 Å². The second-order valence-electron chi connectivity index (χ2n) is 3.63. The zero-order valence-electron chi connectivity index (χ0n) is 9.04. The van der Waals surface area contributed by atoms with E-state index in [0.29, 0.717) is 11.3 Å². The van der Waals surface area contributed by atoms with E-state index in [1.165, 1.54) is 25.3 Å². The molecule has 0 bridgehead atoms. The number of hydrogen-bond acceptors (Lipinski definition) is 5. The van der Waals surface area contributed by atoms with Gasteiger partial charge in [-0.15, -0.1) is 0 Å². The van der Waals surface area contributed by atoms with Gasteiger partial charge in [-0.1, -0.05) is 0 Å². The number of primary sulfonamides is 1. The van der Waals surface area contributed by atoms with Gasteiger partial charge in [0, 0.05) is 5.56 Å². The minimum atomic E-state index is -3.79. The van der Waals surface area contributed by atoms with Gasteiger partial charge in [-0.05, 0) is 18.2 Å². The molecule has 0 amide bonds. The highest BCUT2D eigenvalue weighted by atomic mass is 32.2. The molecule has 1 aromatic rings. The number of carbonyl (C=O) groups is 1. The molecule has 0 saturated carbocycles. The number of sulfonamides is 1. The van der Waals surface area contributed by atoms with E-state index in [0.717, 1.165) is 0 Å². The summed E-state index contributed by atoms with van der Waals surface area (Å²) >= 11 is 0. The lowest BCUT2D eigenvalue weighted by atomic mass is 10.0. The van der Waals surface area contributed by atoms with Crippen LogP contribution < -0.4 is 9.88 Å². The Labute approximate surface area is 98.4 Å². The summed E-state index contributed by atoms with van der Waals surface area (Å²) in [4.78, 5) is 11.4. The Bertz CT molecular complexity index is 566. The molecule has 1 aliphatic heterocycles. The van der Waals surface area contributed by atoms with Gasteiger partial charge in [0.2, 0.25) is 10.0 Å². The molecule has 0 aromatic heterocycles. The summed E-state index contributed by atoms with van der Waals surface area (Å²) in [6.07, 6.45) is 0. The highest BCUT2D eigenvalue weighted by molar-refractivity contribution is 7.89. The monoisotopic (exact) mass is 257 g/mol. The molecule has 0 aliphatic carbocycles. The third kappa shape index (κ3) is 2.11. The first-order valence-electron chi connectivity index (χ1n) is 4.81. The zero-order valence-corrected chi connectivity index (χ0v) is 9.86. The highest BCUT2D eigenvalue weighted by Crippen LogP contribution is 2.35. The van der Waals surface area contributed by atoms with Crippen molar-refractivity contribution in [3.8, 4) is 5.75 Å². The summed E-state index contributed by atoms with van der Waals surface area (Å²) in [5.41, 5.74) is 0.489. The van der Waals surface area contributed by atoms with Gasteiger partial charge in [-0.25, -0.2) is 13.6 Å². The van der Waals surface area contributed by atoms with Crippen molar-refractivity contribution in [3.63, 3.8) is 0 Å². The normalized spacial score (nSPS) is 18.4. The van der Waals surface area contributed by atoms with Gasteiger partial charge in [0.15, 0.2) is 0 Å². The quantitative estimate of drug-likeness (QED) is 0.751. The number of carbonyl (C=O) groups excluding carboxylic acids is 1. The van der Waals surface area contributed by atoms with Crippen LogP contribution in [-0.2, 0) is 19.6 Å². The van der Waals surface area contributed by atoms with Crippen LogP contribution in [-0.4, -0.2) is 28.1 Å². The third-order valence-electron chi connectivity index (χ3n) is 2.58. The molecule has 2 N–H and O–H groups in total. The summed E-state index contributed by atoms with van der Waals surface area (Å²) in [6.45, 7) is 0.149. The number of hydrogen-bond donors (Lipinski definition) is 1. The zero-order chi connectivity index (χ0) is 12.6. The maximum Gasteiger partial charge on any atom is 0.316 e. The van der Waals surface area contributed by atoms with E-state index < -0.39 is 21.9 Å². The van der Waals surface area contributed by atoms with Gasteiger partial charge in [0.05, 0.1) is 12.0 Å². The highest BCUT2D eigenvalue weighted by Gasteiger charge is 2.32. The van der Waals surface area contributed by atoms with E-state index in [2.05, 4.69) is 4.74 Å². The second-order valence-corrected chi connectivity index (χ2v) is 5.19. The molecule has 17 heavy (non-hydrogen) atoms. The van der Waals surface area contributed by atoms with Crippen LogP contribution in [0.25, 0.3) is 0 Å². The van der Waals surface area contributed by atoms with Crippen LogP contribution in [0.3, 0.4) is 0 Å². The molecule has 1 heterocycles. The average Bonchev–Trinajstić information content (AvgIpc) is 2.69. The molecule has 1 aromatic carbocycles. The Morgan fingerprint density at radius 1 is 1.53 bits per heavy atom. The fraction of sp³-hybridized carbons (Fsp3) is 0.300. The Morgan fingerprint density at radius 2 is 2.24 bits per heavy atom. The summed E-state index contributed by atoms with van der Waals surface area (Å²) in [6, 6.07) is 4.17. The number of nitrogens with two attached hydrogens (primary N) is 1. The van der Waals surface area contributed by atoms with Crippen LogP contribution in [0, 0.1) is 0 Å². The molecule has 1 unspecified atom stereocenters. The van der Waals surface area contributed by atoms with E-state index in [-0.39, 0.29) is 11.5 Å². The molecule has 1 atom stereocenters. The fourth-order valence-corrected chi connectivity index (χ4v) is 2.26. The summed E-state index contributed by atoms with van der Waals surface area (Å²) in [7, 11) is -2.52. The van der Waals surface area contributed by atoms with Crippen LogP contribution in [0.15, 0.2) is 23.1 Å². The molecule has 7 heteroatoms. The van der Waals surface area contributed by atoms with E-state index in [1.807, 2.05) is 0 Å². The van der Waals surface area contributed by atoms with Crippen molar-refractivity contribution < 1.29 is 22.7 Å². The molecular weight excluding hydrogens is 246 g/mol. The lowest BCUT2D eigenvalue weighted by Crippen LogP contribution is -2.16. The summed E-state index contributed by atoms with van der Waals surface area (Å²) in [5.74, 6) is -0.584. The number of fused-ring (bicyclic) bond motifs is 1. The second kappa shape index (κ2) is 4.01. The van der Waals surface area contributed by atoms with Crippen molar-refractivity contribution in [2.75, 3.05) is 13.7 Å². The molecular formula is C10H11NO5S. The molecule has 2 rings (SSSR count). The molecule has 0 radical (unpaired) electrons. The van der Waals surface area contributed by atoms with Gasteiger partial charge in [0.25, 0.3) is 0 Å². The minimum Gasteiger partial charge on any atom is -0.492 e. The molecule has 0 saturated heterocycles. The average molecular weight is 257 g/mol. The van der Waals surface area contributed by atoms with Crippen LogP contribution in [0.4, 0.5) is 0 Å². The lowest BCUT2D eigenvalue weighted by molar-refractivity contribution is -0.142.